The number of methoxy groups -OCH3 is 1. The van der Waals surface area contributed by atoms with Gasteiger partial charge < -0.3 is 24.1 Å². The molecule has 8 heteroatoms. The highest BCUT2D eigenvalue weighted by Gasteiger charge is 2.64. The first-order chi connectivity index (χ1) is 11.4. The van der Waals surface area contributed by atoms with Gasteiger partial charge in [-0.05, 0) is 34.6 Å². The van der Waals surface area contributed by atoms with Crippen molar-refractivity contribution in [2.24, 2.45) is 0 Å². The predicted octanol–water partition coefficient (Wildman–Crippen LogP) is 1.88. The van der Waals surface area contributed by atoms with Crippen molar-refractivity contribution in [2.75, 3.05) is 7.11 Å². The first-order valence-corrected chi connectivity index (χ1v) is 8.32. The maximum Gasteiger partial charge on any atom is 0.411 e. The topological polar surface area (TPSA) is 94.5 Å². The van der Waals surface area contributed by atoms with Gasteiger partial charge in [-0.1, -0.05) is 0 Å². The summed E-state index contributed by atoms with van der Waals surface area (Å²) in [5, 5.41) is 10.4. The predicted molar refractivity (Wildman–Crippen MR) is 85.8 cm³/mol. The van der Waals surface area contributed by atoms with E-state index in [2.05, 4.69) is 0 Å². The molecule has 3 heterocycles. The fraction of sp³-hybridized carbons (Fsp3) is 0.765. The van der Waals surface area contributed by atoms with E-state index in [4.69, 9.17) is 18.9 Å². The number of nitrogens with zero attached hydrogens (tertiary/aromatic N) is 1. The van der Waals surface area contributed by atoms with Crippen LogP contribution in [0.15, 0.2) is 11.3 Å². The van der Waals surface area contributed by atoms with Gasteiger partial charge in [0.15, 0.2) is 5.79 Å². The number of amides is 1. The van der Waals surface area contributed by atoms with Gasteiger partial charge in [-0.25, -0.2) is 9.59 Å². The van der Waals surface area contributed by atoms with Gasteiger partial charge in [0, 0.05) is 6.42 Å². The van der Waals surface area contributed by atoms with E-state index in [0.29, 0.717) is 0 Å². The highest BCUT2D eigenvalue weighted by atomic mass is 16.8. The van der Waals surface area contributed by atoms with Crippen molar-refractivity contribution in [2.45, 2.75) is 76.7 Å². The first kappa shape index (κ1) is 18.0. The highest BCUT2D eigenvalue weighted by Crippen LogP contribution is 2.48. The zero-order chi connectivity index (χ0) is 18.7. The second kappa shape index (κ2) is 5.60. The smallest absolute Gasteiger partial charge is 0.411 e. The molecule has 2 bridgehead atoms. The molecule has 0 unspecified atom stereocenters. The van der Waals surface area contributed by atoms with Gasteiger partial charge in [0.2, 0.25) is 0 Å². The zero-order valence-corrected chi connectivity index (χ0v) is 15.4. The number of carbonyl (C=O) groups is 2. The van der Waals surface area contributed by atoms with Gasteiger partial charge >= 0.3 is 12.1 Å². The molecule has 2 saturated heterocycles. The number of carbonyl (C=O) groups excluding carboxylic acids is 2. The van der Waals surface area contributed by atoms with Crippen LogP contribution in [0.1, 0.15) is 41.0 Å². The number of ether oxygens (including phenoxy) is 4. The summed E-state index contributed by atoms with van der Waals surface area (Å²) < 4.78 is 22.2. The lowest BCUT2D eigenvalue weighted by Crippen LogP contribution is -2.52. The van der Waals surface area contributed by atoms with Crippen molar-refractivity contribution in [1.82, 2.24) is 4.90 Å². The van der Waals surface area contributed by atoms with Crippen molar-refractivity contribution >= 4 is 12.1 Å². The molecular formula is C17H25NO7. The maximum absolute atomic E-state index is 12.8. The number of aliphatic hydroxyl groups excluding tert-OH is 1. The molecule has 140 valence electrons. The van der Waals surface area contributed by atoms with E-state index in [1.807, 2.05) is 0 Å². The van der Waals surface area contributed by atoms with E-state index >= 15 is 0 Å². The molecule has 0 saturated carbocycles. The molecule has 1 N–H and O–H groups in total. The van der Waals surface area contributed by atoms with Gasteiger partial charge in [-0.3, -0.25) is 4.90 Å². The van der Waals surface area contributed by atoms with Gasteiger partial charge in [0.05, 0.1) is 18.7 Å². The average molecular weight is 355 g/mol. The molecule has 8 nitrogen and oxygen atoms in total. The molecule has 0 aliphatic carbocycles. The molecule has 3 aliphatic heterocycles. The monoisotopic (exact) mass is 355 g/mol. The normalized spacial score (nSPS) is 33.3. The Kier molecular flexibility index (Phi) is 4.04. The molecule has 4 atom stereocenters. The number of rotatable bonds is 1. The summed E-state index contributed by atoms with van der Waals surface area (Å²) in [7, 11) is 1.23. The van der Waals surface area contributed by atoms with Crippen LogP contribution in [0, 0.1) is 0 Å². The standard InChI is InChI=1S/C17H25NO7/c1-16(2,3)25-15(21)18-8-7-9(19)10(14(20)22-6)11(18)13-12(8)23-17(4,5)24-13/h8,11-13,19H,7H2,1-6H3/t8-,11+,12-,13+/m1/s1. The average Bonchev–Trinajstić information content (AvgIpc) is 2.87. The van der Waals surface area contributed by atoms with E-state index in [0.717, 1.165) is 0 Å². The minimum absolute atomic E-state index is 0.0263. The summed E-state index contributed by atoms with van der Waals surface area (Å²) in [6.07, 6.45) is -1.53. The van der Waals surface area contributed by atoms with Gasteiger partial charge in [-0.15, -0.1) is 0 Å². The van der Waals surface area contributed by atoms with Crippen LogP contribution in [0.4, 0.5) is 4.79 Å². The second-order valence-electron chi connectivity index (χ2n) is 8.02. The van der Waals surface area contributed by atoms with Crippen molar-refractivity contribution in [3.8, 4) is 0 Å². The van der Waals surface area contributed by atoms with Crippen LogP contribution in [0.2, 0.25) is 0 Å². The van der Waals surface area contributed by atoms with E-state index in [-0.39, 0.29) is 17.8 Å². The van der Waals surface area contributed by atoms with Crippen LogP contribution in [-0.2, 0) is 23.7 Å². The van der Waals surface area contributed by atoms with Crippen LogP contribution in [-0.4, -0.2) is 64.9 Å². The highest BCUT2D eigenvalue weighted by molar-refractivity contribution is 5.92. The maximum atomic E-state index is 12.8. The Morgan fingerprint density at radius 3 is 2.40 bits per heavy atom. The van der Waals surface area contributed by atoms with Gasteiger partial charge in [-0.2, -0.15) is 0 Å². The molecule has 2 fully saturated rings. The summed E-state index contributed by atoms with van der Waals surface area (Å²) in [5.41, 5.74) is -0.667. The lowest BCUT2D eigenvalue weighted by atomic mass is 9.99. The molecule has 0 aromatic rings. The molecule has 0 radical (unpaired) electrons. The molecule has 25 heavy (non-hydrogen) atoms. The molecule has 3 rings (SSSR count). The van der Waals surface area contributed by atoms with Crippen LogP contribution < -0.4 is 0 Å². The van der Waals surface area contributed by atoms with Crippen molar-refractivity contribution < 1.29 is 33.6 Å². The third kappa shape index (κ3) is 2.97. The number of fused-ring (bicyclic) bond motifs is 5. The number of hydrogen-bond donors (Lipinski definition) is 1. The molecule has 1 amide bonds. The Hall–Kier alpha value is -1.80. The first-order valence-electron chi connectivity index (χ1n) is 8.32. The Balaban J connectivity index is 2.01. The largest absolute Gasteiger partial charge is 0.512 e. The Bertz CT molecular complexity index is 633. The Morgan fingerprint density at radius 1 is 1.24 bits per heavy atom. The number of hydrogen-bond acceptors (Lipinski definition) is 7. The van der Waals surface area contributed by atoms with Crippen LogP contribution in [0.3, 0.4) is 0 Å². The summed E-state index contributed by atoms with van der Waals surface area (Å²) in [6, 6.07) is -1.28. The number of aliphatic hydroxyl groups is 1. The number of esters is 1. The molecule has 3 aliphatic rings. The molecule has 0 aromatic carbocycles. The van der Waals surface area contributed by atoms with Crippen molar-refractivity contribution in [1.29, 1.82) is 0 Å². The van der Waals surface area contributed by atoms with Crippen molar-refractivity contribution in [3.05, 3.63) is 11.3 Å². The van der Waals surface area contributed by atoms with Crippen LogP contribution in [0.25, 0.3) is 0 Å². The third-order valence-corrected chi connectivity index (χ3v) is 4.53. The molecule has 0 aromatic heterocycles. The fourth-order valence-corrected chi connectivity index (χ4v) is 3.79. The lowest BCUT2D eigenvalue weighted by molar-refractivity contribution is -0.168. The minimum Gasteiger partial charge on any atom is -0.512 e. The van der Waals surface area contributed by atoms with E-state index in [9.17, 15) is 14.7 Å². The third-order valence-electron chi connectivity index (χ3n) is 4.53. The SMILES string of the molecule is COC(=O)C1=C(O)C[C@@H]2[C@H]3OC(C)(C)O[C@H]3[C@H]1N2C(=O)OC(C)(C)C. The summed E-state index contributed by atoms with van der Waals surface area (Å²) in [4.78, 5) is 26.5. The zero-order valence-electron chi connectivity index (χ0n) is 15.4. The second-order valence-corrected chi connectivity index (χ2v) is 8.02. The van der Waals surface area contributed by atoms with E-state index in [1.54, 1.807) is 34.6 Å². The quantitative estimate of drug-likeness (QED) is 0.718. The lowest BCUT2D eigenvalue weighted by Gasteiger charge is -2.38. The summed E-state index contributed by atoms with van der Waals surface area (Å²) in [6.45, 7) is 8.85. The van der Waals surface area contributed by atoms with Gasteiger partial charge in [0.1, 0.15) is 29.6 Å². The van der Waals surface area contributed by atoms with Crippen molar-refractivity contribution in [3.63, 3.8) is 0 Å². The van der Waals surface area contributed by atoms with E-state index < -0.39 is 47.7 Å². The Morgan fingerprint density at radius 2 is 1.84 bits per heavy atom. The summed E-state index contributed by atoms with van der Waals surface area (Å²) in [5.74, 6) is -1.62. The molecule has 0 spiro atoms. The Labute approximate surface area is 146 Å². The van der Waals surface area contributed by atoms with Crippen LogP contribution >= 0.6 is 0 Å². The minimum atomic E-state index is -0.833. The fourth-order valence-electron chi connectivity index (χ4n) is 3.79. The van der Waals surface area contributed by atoms with Crippen LogP contribution in [0.5, 0.6) is 0 Å². The summed E-state index contributed by atoms with van der Waals surface area (Å²) >= 11 is 0. The molecular weight excluding hydrogens is 330 g/mol. The van der Waals surface area contributed by atoms with Gasteiger partial charge in [0.25, 0.3) is 0 Å². The van der Waals surface area contributed by atoms with E-state index in [1.165, 1.54) is 12.0 Å².